The van der Waals surface area contributed by atoms with Gasteiger partial charge >= 0.3 is 0 Å². The molecule has 8 heteroatoms. The zero-order valence-electron chi connectivity index (χ0n) is 13.3. The molecule has 0 aliphatic heterocycles. The van der Waals surface area contributed by atoms with Gasteiger partial charge in [0.25, 0.3) is 0 Å². The zero-order valence-corrected chi connectivity index (χ0v) is 15.6. The van der Waals surface area contributed by atoms with Crippen LogP contribution in [0.5, 0.6) is 5.75 Å². The summed E-state index contributed by atoms with van der Waals surface area (Å²) < 4.78 is 7.33. The quantitative estimate of drug-likeness (QED) is 0.582. The van der Waals surface area contributed by atoms with Crippen molar-refractivity contribution < 1.29 is 4.74 Å². The van der Waals surface area contributed by atoms with Crippen LogP contribution in [-0.4, -0.2) is 28.2 Å². The van der Waals surface area contributed by atoms with Gasteiger partial charge in [0.1, 0.15) is 0 Å². The van der Waals surface area contributed by atoms with Crippen LogP contribution in [-0.2, 0) is 0 Å². The van der Waals surface area contributed by atoms with Crippen LogP contribution in [0.4, 0.5) is 0 Å². The Kier molecular flexibility index (Phi) is 5.58. The van der Waals surface area contributed by atoms with Crippen LogP contribution in [0.1, 0.15) is 49.4 Å². The lowest BCUT2D eigenvalue weighted by molar-refractivity contribution is 0.415. The molecule has 2 aromatic rings. The molecule has 1 aromatic heterocycles. The summed E-state index contributed by atoms with van der Waals surface area (Å²) in [5.74, 6) is 1.74. The maximum absolute atomic E-state index is 6.16. The summed E-state index contributed by atoms with van der Waals surface area (Å²) in [4.78, 5) is 0. The monoisotopic (exact) mass is 384 g/mol. The summed E-state index contributed by atoms with van der Waals surface area (Å²) in [7, 11) is 1.53. The van der Waals surface area contributed by atoms with Crippen LogP contribution in [0.2, 0.25) is 10.0 Å². The third-order valence-electron chi connectivity index (χ3n) is 4.19. The highest BCUT2D eigenvalue weighted by molar-refractivity contribution is 7.71. The van der Waals surface area contributed by atoms with E-state index in [-0.39, 0.29) is 0 Å². The molecule has 128 valence electrons. The average molecular weight is 385 g/mol. The number of nitrogens with one attached hydrogen (secondary N) is 1. The minimum absolute atomic E-state index is 0.395. The van der Waals surface area contributed by atoms with Crippen LogP contribution >= 0.6 is 35.4 Å². The van der Waals surface area contributed by atoms with Crippen LogP contribution in [0.3, 0.4) is 0 Å². The third kappa shape index (κ3) is 3.66. The maximum Gasteiger partial charge on any atom is 0.216 e. The Hall–Kier alpha value is -1.37. The van der Waals surface area contributed by atoms with Gasteiger partial charge in [-0.05, 0) is 42.8 Å². The summed E-state index contributed by atoms with van der Waals surface area (Å²) in [6.45, 7) is 0. The second-order valence-corrected chi connectivity index (χ2v) is 7.00. The second kappa shape index (κ2) is 7.68. The van der Waals surface area contributed by atoms with Crippen LogP contribution < -0.4 is 4.74 Å². The van der Waals surface area contributed by atoms with E-state index >= 15 is 0 Å². The van der Waals surface area contributed by atoms with Crippen molar-refractivity contribution in [3.8, 4) is 5.75 Å². The molecule has 1 aliphatic carbocycles. The van der Waals surface area contributed by atoms with Crippen LogP contribution in [0, 0.1) is 4.77 Å². The standard InChI is InChI=1S/C16H18Cl2N4OS/c1-23-14-12(17)7-10(8-13(14)18)9-19-22-15(20-21-16(22)24)11-5-3-2-4-6-11/h7-9,11H,2-6H2,1H3,(H,21,24)/b19-9-. The molecule has 1 heterocycles. The van der Waals surface area contributed by atoms with Crippen molar-refractivity contribution in [1.82, 2.24) is 14.9 Å². The van der Waals surface area contributed by atoms with Gasteiger partial charge < -0.3 is 4.74 Å². The predicted molar refractivity (Wildman–Crippen MR) is 99.2 cm³/mol. The topological polar surface area (TPSA) is 55.2 Å². The van der Waals surface area contributed by atoms with Gasteiger partial charge in [-0.25, -0.2) is 0 Å². The number of halogens is 2. The van der Waals surface area contributed by atoms with Crippen molar-refractivity contribution in [3.63, 3.8) is 0 Å². The first-order valence-corrected chi connectivity index (χ1v) is 9.01. The lowest BCUT2D eigenvalue weighted by Crippen LogP contribution is -2.10. The highest BCUT2D eigenvalue weighted by atomic mass is 35.5. The number of benzene rings is 1. The Morgan fingerprint density at radius 1 is 1.29 bits per heavy atom. The van der Waals surface area contributed by atoms with Gasteiger partial charge in [0.2, 0.25) is 4.77 Å². The van der Waals surface area contributed by atoms with Crippen molar-refractivity contribution in [1.29, 1.82) is 0 Å². The number of methoxy groups -OCH3 is 1. The van der Waals surface area contributed by atoms with E-state index in [4.69, 9.17) is 40.2 Å². The Bertz CT molecular complexity index is 786. The van der Waals surface area contributed by atoms with E-state index in [0.29, 0.717) is 26.5 Å². The zero-order chi connectivity index (χ0) is 17.1. The number of hydrogen-bond donors (Lipinski definition) is 1. The predicted octanol–water partition coefficient (Wildman–Crippen LogP) is 5.19. The third-order valence-corrected chi connectivity index (χ3v) is 5.02. The number of rotatable bonds is 4. The molecule has 0 bridgehead atoms. The van der Waals surface area contributed by atoms with Gasteiger partial charge in [-0.15, -0.1) is 0 Å². The molecular weight excluding hydrogens is 367 g/mol. The van der Waals surface area contributed by atoms with Gasteiger partial charge in [0.15, 0.2) is 11.6 Å². The van der Waals surface area contributed by atoms with Gasteiger partial charge in [-0.2, -0.15) is 14.9 Å². The van der Waals surface area contributed by atoms with Crippen molar-refractivity contribution in [2.24, 2.45) is 5.10 Å². The molecule has 1 saturated carbocycles. The van der Waals surface area contributed by atoms with Crippen molar-refractivity contribution >= 4 is 41.6 Å². The molecular formula is C16H18Cl2N4OS. The molecule has 1 fully saturated rings. The van der Waals surface area contributed by atoms with Gasteiger partial charge in [-0.3, -0.25) is 5.10 Å². The first kappa shape index (κ1) is 17.5. The van der Waals surface area contributed by atoms with Crippen molar-refractivity contribution in [3.05, 3.63) is 38.3 Å². The molecule has 5 nitrogen and oxygen atoms in total. The maximum atomic E-state index is 6.16. The first-order chi connectivity index (χ1) is 11.6. The average Bonchev–Trinajstić information content (AvgIpc) is 2.94. The van der Waals surface area contributed by atoms with E-state index in [1.165, 1.54) is 26.4 Å². The number of ether oxygens (including phenoxy) is 1. The normalized spacial score (nSPS) is 16.0. The minimum atomic E-state index is 0.395. The van der Waals surface area contributed by atoms with Crippen molar-refractivity contribution in [2.45, 2.75) is 38.0 Å². The summed E-state index contributed by atoms with van der Waals surface area (Å²) in [6.07, 6.45) is 7.64. The van der Waals surface area contributed by atoms with Gasteiger partial charge in [-0.1, -0.05) is 42.5 Å². The SMILES string of the molecule is COc1c(Cl)cc(/C=N\n2c(C3CCCCC3)n[nH]c2=S)cc1Cl. The number of aromatic amines is 1. The van der Waals surface area contributed by atoms with Crippen LogP contribution in [0.25, 0.3) is 0 Å². The molecule has 0 amide bonds. The number of H-pyrrole nitrogens is 1. The van der Waals surface area contributed by atoms with Gasteiger partial charge in [0, 0.05) is 5.92 Å². The van der Waals surface area contributed by atoms with E-state index in [1.54, 1.807) is 23.0 Å². The van der Waals surface area contributed by atoms with E-state index < -0.39 is 0 Å². The lowest BCUT2D eigenvalue weighted by Gasteiger charge is -2.19. The van der Waals surface area contributed by atoms with E-state index in [1.807, 2.05) is 0 Å². The molecule has 1 aromatic carbocycles. The Morgan fingerprint density at radius 2 is 1.96 bits per heavy atom. The highest BCUT2D eigenvalue weighted by Gasteiger charge is 2.21. The summed E-state index contributed by atoms with van der Waals surface area (Å²) in [5.41, 5.74) is 0.767. The first-order valence-electron chi connectivity index (χ1n) is 7.85. The lowest BCUT2D eigenvalue weighted by atomic mass is 9.89. The molecule has 0 atom stereocenters. The van der Waals surface area contributed by atoms with Gasteiger partial charge in [0.05, 0.1) is 23.4 Å². The molecule has 1 aliphatic rings. The van der Waals surface area contributed by atoms with E-state index in [9.17, 15) is 0 Å². The minimum Gasteiger partial charge on any atom is -0.494 e. The largest absolute Gasteiger partial charge is 0.494 e. The molecule has 0 spiro atoms. The fourth-order valence-corrected chi connectivity index (χ4v) is 3.86. The number of aromatic nitrogens is 3. The smallest absolute Gasteiger partial charge is 0.216 e. The van der Waals surface area contributed by atoms with Crippen molar-refractivity contribution in [2.75, 3.05) is 7.11 Å². The summed E-state index contributed by atoms with van der Waals surface area (Å²) >= 11 is 17.6. The Morgan fingerprint density at radius 3 is 2.58 bits per heavy atom. The second-order valence-electron chi connectivity index (χ2n) is 5.80. The van der Waals surface area contributed by atoms with Crippen LogP contribution in [0.15, 0.2) is 17.2 Å². The number of hydrogen-bond acceptors (Lipinski definition) is 4. The molecule has 24 heavy (non-hydrogen) atoms. The Balaban J connectivity index is 1.90. The molecule has 0 saturated heterocycles. The highest BCUT2D eigenvalue weighted by Crippen LogP contribution is 2.34. The molecule has 0 unspecified atom stereocenters. The van der Waals surface area contributed by atoms with E-state index in [2.05, 4.69) is 15.3 Å². The number of nitrogens with zero attached hydrogens (tertiary/aromatic N) is 3. The summed E-state index contributed by atoms with van der Waals surface area (Å²) in [6, 6.07) is 3.50. The molecule has 3 rings (SSSR count). The fraction of sp³-hybridized carbons (Fsp3) is 0.438. The Labute approximate surface area is 155 Å². The van der Waals surface area contributed by atoms with E-state index in [0.717, 1.165) is 24.2 Å². The fourth-order valence-electron chi connectivity index (χ4n) is 3.01. The molecule has 0 radical (unpaired) electrons. The summed E-state index contributed by atoms with van der Waals surface area (Å²) in [5, 5.41) is 12.6. The molecule has 1 N–H and O–H groups in total.